The summed E-state index contributed by atoms with van der Waals surface area (Å²) in [5, 5.41) is 0.984. The summed E-state index contributed by atoms with van der Waals surface area (Å²) in [5.41, 5.74) is 5.68. The van der Waals surface area contributed by atoms with E-state index in [1.807, 2.05) is 35.2 Å². The number of methoxy groups -OCH3 is 1. The number of benzene rings is 2. The molecule has 1 saturated heterocycles. The minimum absolute atomic E-state index is 0.0624. The van der Waals surface area contributed by atoms with E-state index in [1.54, 1.807) is 6.07 Å². The van der Waals surface area contributed by atoms with Crippen LogP contribution in [0.3, 0.4) is 0 Å². The van der Waals surface area contributed by atoms with Crippen LogP contribution in [0, 0.1) is 0 Å². The van der Waals surface area contributed by atoms with Gasteiger partial charge >= 0.3 is 5.97 Å². The highest BCUT2D eigenvalue weighted by atomic mass is 16.5. The Morgan fingerprint density at radius 2 is 1.87 bits per heavy atom. The van der Waals surface area contributed by atoms with Crippen molar-refractivity contribution in [3.8, 4) is 0 Å². The number of nitrogens with one attached hydrogen (secondary N) is 1. The maximum absolute atomic E-state index is 13.3. The van der Waals surface area contributed by atoms with Crippen LogP contribution in [-0.4, -0.2) is 53.4 Å². The molecular weight excluding hydrogens is 390 g/mol. The van der Waals surface area contributed by atoms with Crippen molar-refractivity contribution in [1.82, 2.24) is 14.8 Å². The first-order chi connectivity index (χ1) is 15.1. The Kier molecular flexibility index (Phi) is 5.24. The average molecular weight is 418 g/mol. The normalized spacial score (nSPS) is 16.5. The fraction of sp³-hybridized carbons (Fsp3) is 0.360. The standard InChI is InChI=1S/C25H27N3O3/c1-31-25(30)19-7-8-22-20(14-19)21-16-28(12-9-23(21)26-22)24(29)18-6-4-5-17(13-18)15-27-10-2-3-11-27/h4-8,13-14,26H,2-3,9-12,15-16H2,1H3. The van der Waals surface area contributed by atoms with Gasteiger partial charge in [0.1, 0.15) is 0 Å². The van der Waals surface area contributed by atoms with Crippen LogP contribution in [0.25, 0.3) is 10.9 Å². The third kappa shape index (κ3) is 3.83. The number of esters is 1. The topological polar surface area (TPSA) is 65.6 Å². The Bertz CT molecular complexity index is 1140. The lowest BCUT2D eigenvalue weighted by Crippen LogP contribution is -2.35. The second kappa shape index (κ2) is 8.19. The molecule has 1 N–H and O–H groups in total. The summed E-state index contributed by atoms with van der Waals surface area (Å²) >= 11 is 0. The predicted molar refractivity (Wildman–Crippen MR) is 119 cm³/mol. The molecule has 0 unspecified atom stereocenters. The number of aromatic amines is 1. The number of carbonyl (C=O) groups excluding carboxylic acids is 2. The van der Waals surface area contributed by atoms with Crippen LogP contribution in [-0.2, 0) is 24.2 Å². The predicted octanol–water partition coefficient (Wildman–Crippen LogP) is 3.75. The highest BCUT2D eigenvalue weighted by Gasteiger charge is 2.25. The number of fused-ring (bicyclic) bond motifs is 3. The number of likely N-dealkylation sites (tertiary alicyclic amines) is 1. The van der Waals surface area contributed by atoms with Crippen molar-refractivity contribution in [2.75, 3.05) is 26.7 Å². The minimum Gasteiger partial charge on any atom is -0.465 e. The average Bonchev–Trinajstić information content (AvgIpc) is 3.44. The van der Waals surface area contributed by atoms with Gasteiger partial charge in [-0.15, -0.1) is 0 Å². The van der Waals surface area contributed by atoms with Crippen LogP contribution < -0.4 is 0 Å². The molecule has 2 aliphatic heterocycles. The van der Waals surface area contributed by atoms with E-state index in [1.165, 1.54) is 25.5 Å². The summed E-state index contributed by atoms with van der Waals surface area (Å²) < 4.78 is 4.86. The lowest BCUT2D eigenvalue weighted by Gasteiger charge is -2.27. The van der Waals surface area contributed by atoms with Crippen LogP contribution >= 0.6 is 0 Å². The number of aromatic nitrogens is 1. The summed E-state index contributed by atoms with van der Waals surface area (Å²) in [6, 6.07) is 13.6. The number of hydrogen-bond donors (Lipinski definition) is 1. The van der Waals surface area contributed by atoms with Crippen molar-refractivity contribution >= 4 is 22.8 Å². The largest absolute Gasteiger partial charge is 0.465 e. The second-order valence-corrected chi connectivity index (χ2v) is 8.49. The van der Waals surface area contributed by atoms with E-state index in [0.29, 0.717) is 18.7 Å². The fourth-order valence-corrected chi connectivity index (χ4v) is 4.82. The molecule has 0 aliphatic carbocycles. The van der Waals surface area contributed by atoms with Gasteiger partial charge in [-0.25, -0.2) is 4.79 Å². The first-order valence-corrected chi connectivity index (χ1v) is 10.9. The molecule has 3 aromatic rings. The van der Waals surface area contributed by atoms with E-state index < -0.39 is 0 Å². The highest BCUT2D eigenvalue weighted by molar-refractivity contribution is 5.97. The molecule has 160 valence electrons. The maximum Gasteiger partial charge on any atom is 0.337 e. The zero-order chi connectivity index (χ0) is 21.4. The molecule has 0 spiro atoms. The van der Waals surface area contributed by atoms with E-state index in [2.05, 4.69) is 16.0 Å². The van der Waals surface area contributed by atoms with Crippen LogP contribution in [0.1, 0.15) is 50.4 Å². The van der Waals surface area contributed by atoms with Crippen LogP contribution in [0.15, 0.2) is 42.5 Å². The Hall–Kier alpha value is -3.12. The molecule has 0 bridgehead atoms. The molecule has 31 heavy (non-hydrogen) atoms. The van der Waals surface area contributed by atoms with Crippen LogP contribution in [0.2, 0.25) is 0 Å². The summed E-state index contributed by atoms with van der Waals surface area (Å²) in [5.74, 6) is -0.289. The maximum atomic E-state index is 13.3. The third-order valence-electron chi connectivity index (χ3n) is 6.46. The third-order valence-corrected chi connectivity index (χ3v) is 6.46. The Morgan fingerprint density at radius 3 is 2.68 bits per heavy atom. The summed E-state index contributed by atoms with van der Waals surface area (Å²) in [7, 11) is 1.39. The van der Waals surface area contributed by atoms with Gasteiger partial charge in [-0.1, -0.05) is 12.1 Å². The minimum atomic E-state index is -0.351. The Balaban J connectivity index is 1.38. The first kappa shape index (κ1) is 19.8. The summed E-state index contributed by atoms with van der Waals surface area (Å²) in [4.78, 5) is 33.1. The molecular formula is C25H27N3O3. The van der Waals surface area contributed by atoms with Gasteiger partial charge in [0.25, 0.3) is 5.91 Å². The summed E-state index contributed by atoms with van der Waals surface area (Å²) in [6.45, 7) is 4.40. The van der Waals surface area contributed by atoms with Crippen LogP contribution in [0.5, 0.6) is 0 Å². The highest BCUT2D eigenvalue weighted by Crippen LogP contribution is 2.29. The zero-order valence-electron chi connectivity index (χ0n) is 17.8. The number of nitrogens with zero attached hydrogens (tertiary/aromatic N) is 2. The first-order valence-electron chi connectivity index (χ1n) is 10.9. The molecule has 1 amide bonds. The molecule has 2 aliphatic rings. The zero-order valence-corrected chi connectivity index (χ0v) is 17.8. The smallest absolute Gasteiger partial charge is 0.337 e. The van der Waals surface area contributed by atoms with Gasteiger partial charge in [0.05, 0.1) is 12.7 Å². The van der Waals surface area contributed by atoms with Crippen molar-refractivity contribution < 1.29 is 14.3 Å². The quantitative estimate of drug-likeness (QED) is 0.657. The van der Waals surface area contributed by atoms with E-state index in [-0.39, 0.29) is 11.9 Å². The number of amides is 1. The molecule has 5 rings (SSSR count). The molecule has 6 nitrogen and oxygen atoms in total. The lowest BCUT2D eigenvalue weighted by molar-refractivity contribution is 0.0600. The van der Waals surface area contributed by atoms with E-state index in [0.717, 1.165) is 53.8 Å². The fourth-order valence-electron chi connectivity index (χ4n) is 4.82. The molecule has 0 saturated carbocycles. The molecule has 3 heterocycles. The van der Waals surface area contributed by atoms with Crippen molar-refractivity contribution in [2.45, 2.75) is 32.4 Å². The molecule has 1 fully saturated rings. The SMILES string of the molecule is COC(=O)c1ccc2[nH]c3c(c2c1)CN(C(=O)c1cccc(CN2CCCC2)c1)CC3. The van der Waals surface area contributed by atoms with E-state index in [9.17, 15) is 9.59 Å². The number of hydrogen-bond acceptors (Lipinski definition) is 4. The van der Waals surface area contributed by atoms with Gasteiger partial charge < -0.3 is 14.6 Å². The second-order valence-electron chi connectivity index (χ2n) is 8.49. The number of rotatable bonds is 4. The monoisotopic (exact) mass is 417 g/mol. The lowest BCUT2D eigenvalue weighted by atomic mass is 10.0. The number of ether oxygens (including phenoxy) is 1. The van der Waals surface area contributed by atoms with Gasteiger partial charge in [0.2, 0.25) is 0 Å². The van der Waals surface area contributed by atoms with Crippen molar-refractivity contribution in [2.24, 2.45) is 0 Å². The molecule has 2 aromatic carbocycles. The van der Waals surface area contributed by atoms with Gasteiger partial charge in [-0.05, 0) is 61.8 Å². The Labute approximate surface area is 181 Å². The molecule has 0 radical (unpaired) electrons. The molecule has 1 aromatic heterocycles. The van der Waals surface area contributed by atoms with E-state index in [4.69, 9.17) is 4.74 Å². The van der Waals surface area contributed by atoms with Gasteiger partial charge in [0, 0.05) is 53.8 Å². The van der Waals surface area contributed by atoms with Crippen molar-refractivity contribution in [3.63, 3.8) is 0 Å². The van der Waals surface area contributed by atoms with Gasteiger partial charge in [-0.2, -0.15) is 0 Å². The van der Waals surface area contributed by atoms with E-state index >= 15 is 0 Å². The summed E-state index contributed by atoms with van der Waals surface area (Å²) in [6.07, 6.45) is 3.30. The molecule has 6 heteroatoms. The van der Waals surface area contributed by atoms with Gasteiger partial charge in [-0.3, -0.25) is 9.69 Å². The number of H-pyrrole nitrogens is 1. The Morgan fingerprint density at radius 1 is 1.03 bits per heavy atom. The molecule has 0 atom stereocenters. The van der Waals surface area contributed by atoms with Crippen LogP contribution in [0.4, 0.5) is 0 Å². The van der Waals surface area contributed by atoms with Gasteiger partial charge in [0.15, 0.2) is 0 Å². The number of carbonyl (C=O) groups is 2. The van der Waals surface area contributed by atoms with Crippen molar-refractivity contribution in [1.29, 1.82) is 0 Å². The van der Waals surface area contributed by atoms with Crippen molar-refractivity contribution in [3.05, 3.63) is 70.4 Å².